The summed E-state index contributed by atoms with van der Waals surface area (Å²) in [6.07, 6.45) is 0. The van der Waals surface area contributed by atoms with Crippen LogP contribution in [0.4, 0.5) is 17.1 Å². The number of rotatable bonds is 6. The second kappa shape index (κ2) is 13.4. The lowest BCUT2D eigenvalue weighted by atomic mass is 9.98. The monoisotopic (exact) mass is 752 g/mol. The summed E-state index contributed by atoms with van der Waals surface area (Å²) in [7, 11) is 0. The van der Waals surface area contributed by atoms with Crippen LogP contribution in [0.15, 0.2) is 223 Å². The third-order valence-corrected chi connectivity index (χ3v) is 12.0. The Morgan fingerprint density at radius 3 is 1.68 bits per heavy atom. The van der Waals surface area contributed by atoms with E-state index in [4.69, 9.17) is 4.42 Å². The van der Waals surface area contributed by atoms with Crippen LogP contribution in [-0.4, -0.2) is 4.57 Å². The molecule has 0 amide bonds. The fourth-order valence-corrected chi connectivity index (χ4v) is 9.24. The van der Waals surface area contributed by atoms with Crippen molar-refractivity contribution in [3.05, 3.63) is 218 Å². The standard InChI is InChI=1S/C56H36N2O/c1-3-17-45-38(12-1)14-10-21-46(45)40-28-33-43(34-29-40)57(53-24-11-25-54-55(53)50-35-30-39-13-2-4-18-47(39)56(50)59-54)42-31-26-37(27-32-42)41-15-9-16-44(36-41)58-51-22-7-5-19-48(51)49-20-6-8-23-52(49)58/h1-36H. The maximum Gasteiger partial charge on any atom is 0.143 e. The molecule has 10 aromatic carbocycles. The Morgan fingerprint density at radius 2 is 0.949 bits per heavy atom. The lowest BCUT2D eigenvalue weighted by Gasteiger charge is -2.27. The number of nitrogens with zero attached hydrogens (tertiary/aromatic N) is 2. The van der Waals surface area contributed by atoms with Crippen molar-refractivity contribution in [1.29, 1.82) is 0 Å². The summed E-state index contributed by atoms with van der Waals surface area (Å²) in [5, 5.41) is 9.49. The Bertz CT molecular complexity index is 3500. The van der Waals surface area contributed by atoms with Gasteiger partial charge in [-0.1, -0.05) is 152 Å². The predicted octanol–water partition coefficient (Wildman–Crippen LogP) is 15.8. The first-order valence-electron chi connectivity index (χ1n) is 20.2. The summed E-state index contributed by atoms with van der Waals surface area (Å²) in [5.41, 5.74) is 13.3. The number of para-hydroxylation sites is 2. The van der Waals surface area contributed by atoms with Crippen LogP contribution in [0.5, 0.6) is 0 Å². The summed E-state index contributed by atoms with van der Waals surface area (Å²) in [6.45, 7) is 0. The van der Waals surface area contributed by atoms with Crippen LogP contribution in [-0.2, 0) is 0 Å². The number of benzene rings is 10. The van der Waals surface area contributed by atoms with Gasteiger partial charge in [-0.25, -0.2) is 0 Å². The summed E-state index contributed by atoms with van der Waals surface area (Å²) < 4.78 is 9.07. The molecule has 0 aliphatic heterocycles. The molecular formula is C56H36N2O. The van der Waals surface area contributed by atoms with E-state index in [0.29, 0.717) is 0 Å². The Hall–Kier alpha value is -7.88. The molecule has 0 atom stereocenters. The highest BCUT2D eigenvalue weighted by Crippen LogP contribution is 2.45. The molecule has 276 valence electrons. The number of hydrogen-bond donors (Lipinski definition) is 0. The van der Waals surface area contributed by atoms with Crippen LogP contribution in [0.1, 0.15) is 0 Å². The van der Waals surface area contributed by atoms with E-state index >= 15 is 0 Å². The van der Waals surface area contributed by atoms with E-state index in [1.165, 1.54) is 49.1 Å². The molecule has 3 nitrogen and oxygen atoms in total. The minimum atomic E-state index is 0.865. The largest absolute Gasteiger partial charge is 0.455 e. The van der Waals surface area contributed by atoms with Gasteiger partial charge in [0.25, 0.3) is 0 Å². The lowest BCUT2D eigenvalue weighted by Crippen LogP contribution is -2.10. The molecule has 0 bridgehead atoms. The van der Waals surface area contributed by atoms with Gasteiger partial charge in [0.1, 0.15) is 11.2 Å². The maximum absolute atomic E-state index is 6.69. The smallest absolute Gasteiger partial charge is 0.143 e. The Balaban J connectivity index is 0.998. The lowest BCUT2D eigenvalue weighted by molar-refractivity contribution is 0.672. The molecule has 59 heavy (non-hydrogen) atoms. The maximum atomic E-state index is 6.69. The van der Waals surface area contributed by atoms with Gasteiger partial charge in [-0.05, 0) is 105 Å². The van der Waals surface area contributed by atoms with E-state index < -0.39 is 0 Å². The third-order valence-electron chi connectivity index (χ3n) is 12.0. The SMILES string of the molecule is c1cc(-c2ccc(N(c3ccc(-c4cccc5ccccc45)cc3)c3cccc4oc5c6ccccc6ccc5c34)cc2)cc(-n2c3ccccc3c3ccccc32)c1. The zero-order chi connectivity index (χ0) is 38.9. The fraction of sp³-hybridized carbons (Fsp3) is 0. The van der Waals surface area contributed by atoms with Crippen molar-refractivity contribution in [1.82, 2.24) is 4.57 Å². The molecular weight excluding hydrogens is 717 g/mol. The topological polar surface area (TPSA) is 21.3 Å². The van der Waals surface area contributed by atoms with E-state index in [1.54, 1.807) is 0 Å². The van der Waals surface area contributed by atoms with E-state index in [1.807, 2.05) is 0 Å². The summed E-state index contributed by atoms with van der Waals surface area (Å²) in [5.74, 6) is 0. The van der Waals surface area contributed by atoms with E-state index in [0.717, 1.165) is 61.2 Å². The molecule has 2 aromatic heterocycles. The molecule has 2 heterocycles. The number of hydrogen-bond acceptors (Lipinski definition) is 2. The van der Waals surface area contributed by atoms with Gasteiger partial charge in [0, 0.05) is 38.6 Å². The van der Waals surface area contributed by atoms with Crippen LogP contribution in [0.2, 0.25) is 0 Å². The molecule has 0 fully saturated rings. The van der Waals surface area contributed by atoms with Crippen LogP contribution in [0.3, 0.4) is 0 Å². The van der Waals surface area contributed by atoms with E-state index in [2.05, 4.69) is 228 Å². The van der Waals surface area contributed by atoms with Crippen LogP contribution in [0.25, 0.3) is 93.2 Å². The highest BCUT2D eigenvalue weighted by Gasteiger charge is 2.21. The van der Waals surface area contributed by atoms with Crippen LogP contribution >= 0.6 is 0 Å². The highest BCUT2D eigenvalue weighted by atomic mass is 16.3. The van der Waals surface area contributed by atoms with Crippen molar-refractivity contribution in [3.8, 4) is 27.9 Å². The number of fused-ring (bicyclic) bond motifs is 9. The van der Waals surface area contributed by atoms with Gasteiger partial charge in [-0.3, -0.25) is 0 Å². The van der Waals surface area contributed by atoms with Crippen molar-refractivity contribution in [3.63, 3.8) is 0 Å². The molecule has 0 N–H and O–H groups in total. The van der Waals surface area contributed by atoms with Gasteiger partial charge in [-0.15, -0.1) is 0 Å². The Kier molecular flexibility index (Phi) is 7.54. The van der Waals surface area contributed by atoms with E-state index in [-0.39, 0.29) is 0 Å². The molecule has 0 saturated heterocycles. The summed E-state index contributed by atoms with van der Waals surface area (Å²) in [4.78, 5) is 2.37. The van der Waals surface area contributed by atoms with Gasteiger partial charge in [0.2, 0.25) is 0 Å². The molecule has 0 aliphatic rings. The quantitative estimate of drug-likeness (QED) is 0.169. The molecule has 12 rings (SSSR count). The van der Waals surface area contributed by atoms with Gasteiger partial charge in [0.05, 0.1) is 22.1 Å². The first-order valence-corrected chi connectivity index (χ1v) is 20.2. The minimum Gasteiger partial charge on any atom is -0.455 e. The average Bonchev–Trinajstić information content (AvgIpc) is 3.86. The van der Waals surface area contributed by atoms with Crippen molar-refractivity contribution in [2.24, 2.45) is 0 Å². The number of anilines is 3. The minimum absolute atomic E-state index is 0.865. The van der Waals surface area contributed by atoms with Crippen molar-refractivity contribution in [2.45, 2.75) is 0 Å². The van der Waals surface area contributed by atoms with Crippen molar-refractivity contribution < 1.29 is 4.42 Å². The van der Waals surface area contributed by atoms with Crippen LogP contribution in [0, 0.1) is 0 Å². The average molecular weight is 753 g/mol. The Labute approximate surface area is 341 Å². The second-order valence-corrected chi connectivity index (χ2v) is 15.3. The first kappa shape index (κ1) is 33.3. The normalized spacial score (nSPS) is 11.7. The third kappa shape index (κ3) is 5.36. The molecule has 0 saturated carbocycles. The molecule has 0 aliphatic carbocycles. The van der Waals surface area contributed by atoms with Gasteiger partial charge in [-0.2, -0.15) is 0 Å². The molecule has 3 heteroatoms. The zero-order valence-corrected chi connectivity index (χ0v) is 32.1. The summed E-state index contributed by atoms with van der Waals surface area (Å²) >= 11 is 0. The molecule has 12 aromatic rings. The predicted molar refractivity (Wildman–Crippen MR) is 249 cm³/mol. The van der Waals surface area contributed by atoms with Crippen LogP contribution < -0.4 is 4.90 Å². The highest BCUT2D eigenvalue weighted by molar-refractivity contribution is 6.19. The van der Waals surface area contributed by atoms with Gasteiger partial charge in [0.15, 0.2) is 0 Å². The van der Waals surface area contributed by atoms with Gasteiger partial charge >= 0.3 is 0 Å². The first-order chi connectivity index (χ1) is 29.3. The summed E-state index contributed by atoms with van der Waals surface area (Å²) in [6, 6.07) is 78.7. The molecule has 0 radical (unpaired) electrons. The van der Waals surface area contributed by atoms with Crippen molar-refractivity contribution >= 4 is 82.4 Å². The Morgan fingerprint density at radius 1 is 0.373 bits per heavy atom. The number of furan rings is 1. The zero-order valence-electron chi connectivity index (χ0n) is 32.1. The fourth-order valence-electron chi connectivity index (χ4n) is 9.24. The van der Waals surface area contributed by atoms with Gasteiger partial charge < -0.3 is 13.9 Å². The number of aromatic nitrogens is 1. The molecule has 0 unspecified atom stereocenters. The second-order valence-electron chi connectivity index (χ2n) is 15.3. The van der Waals surface area contributed by atoms with E-state index in [9.17, 15) is 0 Å². The van der Waals surface area contributed by atoms with Crippen molar-refractivity contribution in [2.75, 3.05) is 4.90 Å². The molecule has 0 spiro atoms.